The number of aryl methyl sites for hydroxylation is 1. The van der Waals surface area contributed by atoms with Crippen molar-refractivity contribution < 1.29 is 4.74 Å². The van der Waals surface area contributed by atoms with E-state index < -0.39 is 0 Å². The van der Waals surface area contributed by atoms with Crippen LogP contribution in [0.5, 0.6) is 5.75 Å². The second-order valence-electron chi connectivity index (χ2n) is 4.03. The van der Waals surface area contributed by atoms with E-state index in [1.165, 1.54) is 21.9 Å². The topological polar surface area (TPSA) is 56.5 Å². The molecule has 0 unspecified atom stereocenters. The molecule has 2 heterocycles. The van der Waals surface area contributed by atoms with Crippen molar-refractivity contribution in [2.75, 3.05) is 0 Å². The summed E-state index contributed by atoms with van der Waals surface area (Å²) in [5.41, 5.74) is 0.536. The van der Waals surface area contributed by atoms with Gasteiger partial charge in [0.2, 0.25) is 4.96 Å². The molecule has 96 valence electrons. The van der Waals surface area contributed by atoms with Crippen molar-refractivity contribution in [2.24, 2.45) is 0 Å². The summed E-state index contributed by atoms with van der Waals surface area (Å²) in [6.07, 6.45) is 0. The van der Waals surface area contributed by atoms with Crippen molar-refractivity contribution in [2.45, 2.75) is 13.5 Å². The predicted octanol–water partition coefficient (Wildman–Crippen LogP) is 2.04. The van der Waals surface area contributed by atoms with Crippen LogP contribution in [0.1, 0.15) is 10.7 Å². The lowest BCUT2D eigenvalue weighted by atomic mass is 10.3. The highest BCUT2D eigenvalue weighted by molar-refractivity contribution is 7.16. The average Bonchev–Trinajstić information content (AvgIpc) is 2.81. The zero-order valence-electron chi connectivity index (χ0n) is 10.2. The third-order valence-corrected chi connectivity index (χ3v) is 3.40. The van der Waals surface area contributed by atoms with Gasteiger partial charge in [-0.25, -0.2) is 4.98 Å². The number of fused-ring (bicyclic) bond motifs is 1. The molecule has 0 fully saturated rings. The van der Waals surface area contributed by atoms with Crippen LogP contribution < -0.4 is 10.3 Å². The summed E-state index contributed by atoms with van der Waals surface area (Å²) in [6.45, 7) is 2.12. The second kappa shape index (κ2) is 4.81. The minimum absolute atomic E-state index is 0.162. The largest absolute Gasteiger partial charge is 0.486 e. The molecule has 0 atom stereocenters. The molecule has 0 aliphatic carbocycles. The van der Waals surface area contributed by atoms with Crippen LogP contribution in [0.15, 0.2) is 41.2 Å². The van der Waals surface area contributed by atoms with Gasteiger partial charge in [0.1, 0.15) is 12.4 Å². The van der Waals surface area contributed by atoms with Crippen molar-refractivity contribution in [3.63, 3.8) is 0 Å². The quantitative estimate of drug-likeness (QED) is 0.732. The molecule has 0 aliphatic heterocycles. The maximum atomic E-state index is 11.7. The normalized spacial score (nSPS) is 10.8. The van der Waals surface area contributed by atoms with Crippen LogP contribution in [-0.4, -0.2) is 14.6 Å². The summed E-state index contributed by atoms with van der Waals surface area (Å²) in [4.78, 5) is 16.6. The van der Waals surface area contributed by atoms with E-state index in [9.17, 15) is 4.79 Å². The van der Waals surface area contributed by atoms with Gasteiger partial charge in [0.25, 0.3) is 5.56 Å². The Hall–Kier alpha value is -2.21. The first kappa shape index (κ1) is 11.9. The molecule has 5 nitrogen and oxygen atoms in total. The average molecular weight is 273 g/mol. The molecule has 0 radical (unpaired) electrons. The maximum absolute atomic E-state index is 11.7. The number of para-hydroxylation sites is 1. The predicted molar refractivity (Wildman–Crippen MR) is 72.6 cm³/mol. The summed E-state index contributed by atoms with van der Waals surface area (Å²) in [5, 5.41) is 4.92. The Balaban J connectivity index is 1.86. The van der Waals surface area contributed by atoms with E-state index in [0.717, 1.165) is 10.8 Å². The van der Waals surface area contributed by atoms with E-state index in [-0.39, 0.29) is 5.56 Å². The monoisotopic (exact) mass is 273 g/mol. The van der Waals surface area contributed by atoms with Crippen molar-refractivity contribution in [3.05, 3.63) is 57.5 Å². The van der Waals surface area contributed by atoms with E-state index >= 15 is 0 Å². The Morgan fingerprint density at radius 2 is 2.11 bits per heavy atom. The summed E-state index contributed by atoms with van der Waals surface area (Å²) < 4.78 is 6.90. The van der Waals surface area contributed by atoms with Gasteiger partial charge in [-0.1, -0.05) is 29.5 Å². The Bertz CT molecular complexity index is 764. The molecule has 0 saturated carbocycles. The summed E-state index contributed by atoms with van der Waals surface area (Å²) >= 11 is 1.36. The van der Waals surface area contributed by atoms with Gasteiger partial charge in [-0.3, -0.25) is 4.79 Å². The fraction of sp³-hybridized carbons (Fsp3) is 0.154. The standard InChI is InChI=1S/C13H11N3O2S/c1-9-7-12(17)16-13(14-9)19-11(15-16)8-18-10-5-3-2-4-6-10/h2-7H,8H2,1H3. The van der Waals surface area contributed by atoms with Crippen molar-refractivity contribution >= 4 is 16.3 Å². The molecule has 6 heteroatoms. The first-order valence-corrected chi connectivity index (χ1v) is 6.58. The second-order valence-corrected chi connectivity index (χ2v) is 5.07. The Morgan fingerprint density at radius 1 is 1.32 bits per heavy atom. The molecule has 0 spiro atoms. The highest BCUT2D eigenvalue weighted by Gasteiger charge is 2.08. The van der Waals surface area contributed by atoms with Gasteiger partial charge in [0.15, 0.2) is 5.01 Å². The van der Waals surface area contributed by atoms with E-state index in [2.05, 4.69) is 10.1 Å². The van der Waals surface area contributed by atoms with Crippen LogP contribution in [0, 0.1) is 6.92 Å². The Morgan fingerprint density at radius 3 is 2.89 bits per heavy atom. The summed E-state index contributed by atoms with van der Waals surface area (Å²) in [6, 6.07) is 11.0. The van der Waals surface area contributed by atoms with Crippen molar-refractivity contribution in [1.29, 1.82) is 0 Å². The minimum Gasteiger partial charge on any atom is -0.486 e. The molecule has 19 heavy (non-hydrogen) atoms. The first-order chi connectivity index (χ1) is 9.22. The van der Waals surface area contributed by atoms with Crippen LogP contribution in [-0.2, 0) is 6.61 Å². The lowest BCUT2D eigenvalue weighted by Crippen LogP contribution is -2.14. The first-order valence-electron chi connectivity index (χ1n) is 5.76. The number of rotatable bonds is 3. The molecule has 0 aliphatic rings. The molecule has 1 aromatic carbocycles. The van der Waals surface area contributed by atoms with Gasteiger partial charge in [-0.2, -0.15) is 9.61 Å². The Labute approximate surface area is 113 Å². The minimum atomic E-state index is -0.162. The number of hydrogen-bond donors (Lipinski definition) is 0. The number of nitrogens with zero attached hydrogens (tertiary/aromatic N) is 3. The highest BCUT2D eigenvalue weighted by Crippen LogP contribution is 2.15. The van der Waals surface area contributed by atoms with Crippen LogP contribution in [0.4, 0.5) is 0 Å². The van der Waals surface area contributed by atoms with Gasteiger partial charge in [0.05, 0.1) is 0 Å². The van der Waals surface area contributed by atoms with E-state index in [0.29, 0.717) is 17.3 Å². The molecule has 3 rings (SSSR count). The SMILES string of the molecule is Cc1cc(=O)n2nc(COc3ccccc3)sc2n1. The molecule has 0 saturated heterocycles. The fourth-order valence-corrected chi connectivity index (χ4v) is 2.54. The van der Waals surface area contributed by atoms with Crippen molar-refractivity contribution in [1.82, 2.24) is 14.6 Å². The van der Waals surface area contributed by atoms with Crippen LogP contribution >= 0.6 is 11.3 Å². The van der Waals surface area contributed by atoms with Gasteiger partial charge in [-0.15, -0.1) is 0 Å². The number of benzene rings is 1. The molecule has 2 aromatic heterocycles. The summed E-state index contributed by atoms with van der Waals surface area (Å²) in [7, 11) is 0. The maximum Gasteiger partial charge on any atom is 0.275 e. The zero-order valence-corrected chi connectivity index (χ0v) is 11.1. The molecule has 3 aromatic rings. The van der Waals surface area contributed by atoms with Gasteiger partial charge < -0.3 is 4.74 Å². The zero-order chi connectivity index (χ0) is 13.2. The van der Waals surface area contributed by atoms with Gasteiger partial charge >= 0.3 is 0 Å². The smallest absolute Gasteiger partial charge is 0.275 e. The third kappa shape index (κ3) is 2.48. The molecule has 0 amide bonds. The third-order valence-electron chi connectivity index (χ3n) is 2.52. The number of ether oxygens (including phenoxy) is 1. The van der Waals surface area contributed by atoms with E-state index in [1.807, 2.05) is 30.3 Å². The van der Waals surface area contributed by atoms with Crippen LogP contribution in [0.2, 0.25) is 0 Å². The lowest BCUT2D eigenvalue weighted by molar-refractivity contribution is 0.304. The van der Waals surface area contributed by atoms with Crippen LogP contribution in [0.25, 0.3) is 4.96 Å². The Kier molecular flexibility index (Phi) is 3.00. The fourth-order valence-electron chi connectivity index (χ4n) is 1.68. The number of hydrogen-bond acceptors (Lipinski definition) is 5. The van der Waals surface area contributed by atoms with E-state index in [1.54, 1.807) is 6.92 Å². The van der Waals surface area contributed by atoms with Gasteiger partial charge in [-0.05, 0) is 19.1 Å². The molecule has 0 N–H and O–H groups in total. The molecular weight excluding hydrogens is 262 g/mol. The molecular formula is C13H11N3O2S. The number of aromatic nitrogens is 3. The van der Waals surface area contributed by atoms with Gasteiger partial charge in [0, 0.05) is 11.8 Å². The summed E-state index contributed by atoms with van der Waals surface area (Å²) in [5.74, 6) is 0.776. The van der Waals surface area contributed by atoms with Crippen molar-refractivity contribution in [3.8, 4) is 5.75 Å². The van der Waals surface area contributed by atoms with E-state index in [4.69, 9.17) is 4.74 Å². The van der Waals surface area contributed by atoms with Crippen LogP contribution in [0.3, 0.4) is 0 Å². The highest BCUT2D eigenvalue weighted by atomic mass is 32.1. The lowest BCUT2D eigenvalue weighted by Gasteiger charge is -2.01. The molecule has 0 bridgehead atoms.